The van der Waals surface area contributed by atoms with E-state index in [1.165, 1.54) is 11.0 Å². The number of aromatic nitrogens is 2. The van der Waals surface area contributed by atoms with Crippen molar-refractivity contribution in [3.8, 4) is 5.75 Å². The number of likely N-dealkylation sites (N-methyl/N-ethyl adjacent to an activating group) is 1. The Kier molecular flexibility index (Phi) is 7.77. The van der Waals surface area contributed by atoms with Gasteiger partial charge in [-0.05, 0) is 73.5 Å². The van der Waals surface area contributed by atoms with Crippen LogP contribution in [0.25, 0.3) is 10.9 Å². The molecule has 1 atom stereocenters. The number of aryl methyl sites for hydroxylation is 1. The Balaban J connectivity index is 1.67. The second-order valence-corrected chi connectivity index (χ2v) is 9.92. The molecule has 0 saturated carbocycles. The van der Waals surface area contributed by atoms with Crippen LogP contribution in [0.15, 0.2) is 54.6 Å². The molecule has 0 unspecified atom stereocenters. The maximum Gasteiger partial charge on any atom is 0.416 e. The van der Waals surface area contributed by atoms with Crippen LogP contribution in [-0.2, 0) is 17.4 Å². The van der Waals surface area contributed by atoms with Crippen molar-refractivity contribution in [2.24, 2.45) is 0 Å². The molecule has 40 heavy (non-hydrogen) atoms. The largest absolute Gasteiger partial charge is 0.506 e. The molecule has 0 saturated heterocycles. The second-order valence-electron chi connectivity index (χ2n) is 9.92. The van der Waals surface area contributed by atoms with E-state index in [-0.39, 0.29) is 23.8 Å². The highest BCUT2D eigenvalue weighted by Crippen LogP contribution is 2.37. The number of hydrogen-bond donors (Lipinski definition) is 3. The molecule has 11 heteroatoms. The van der Waals surface area contributed by atoms with Crippen LogP contribution in [0, 0.1) is 6.92 Å². The molecule has 0 aliphatic rings. The Morgan fingerprint density at radius 2 is 1.77 bits per heavy atom. The van der Waals surface area contributed by atoms with Crippen LogP contribution in [-0.4, -0.2) is 47.0 Å². The van der Waals surface area contributed by atoms with Gasteiger partial charge in [0.15, 0.2) is 0 Å². The lowest BCUT2D eigenvalue weighted by Crippen LogP contribution is -2.23. The van der Waals surface area contributed by atoms with Gasteiger partial charge in [-0.15, -0.1) is 0 Å². The number of phenols is 1. The fraction of sp³-hybridized carbons (Fsp3) is 0.276. The van der Waals surface area contributed by atoms with Crippen molar-refractivity contribution in [1.29, 1.82) is 0 Å². The summed E-state index contributed by atoms with van der Waals surface area (Å²) in [5.41, 5.74) is 7.90. The zero-order valence-electron chi connectivity index (χ0n) is 22.8. The first-order chi connectivity index (χ1) is 18.7. The topological polar surface area (TPSA) is 108 Å². The maximum atomic E-state index is 13.4. The monoisotopic (exact) mass is 552 g/mol. The average molecular weight is 553 g/mol. The number of carbonyl (C=O) groups is 1. The SMILES string of the molecule is Cc1nc(N[C@H](C)c2cc(N)cc(C(F)(F)F)c2)c2cc(N(C)c3ccc(CC(=O)N(C)C)cc3O)ccc2n1. The van der Waals surface area contributed by atoms with Gasteiger partial charge in [0.2, 0.25) is 5.91 Å². The van der Waals surface area contributed by atoms with Gasteiger partial charge in [-0.1, -0.05) is 6.07 Å². The molecule has 0 radical (unpaired) electrons. The lowest BCUT2D eigenvalue weighted by molar-refractivity contribution is -0.137. The number of nitrogens with zero attached hydrogens (tertiary/aromatic N) is 4. The molecule has 4 rings (SSSR count). The molecule has 0 spiro atoms. The number of aromatic hydroxyl groups is 1. The highest BCUT2D eigenvalue weighted by atomic mass is 19.4. The third-order valence-corrected chi connectivity index (χ3v) is 6.59. The molecule has 4 aromatic rings. The van der Waals surface area contributed by atoms with Crippen LogP contribution in [0.3, 0.4) is 0 Å². The van der Waals surface area contributed by atoms with Crippen LogP contribution < -0.4 is 16.0 Å². The van der Waals surface area contributed by atoms with Crippen molar-refractivity contribution in [1.82, 2.24) is 14.9 Å². The first kappa shape index (κ1) is 28.5. The average Bonchev–Trinajstić information content (AvgIpc) is 2.87. The van der Waals surface area contributed by atoms with E-state index in [4.69, 9.17) is 5.73 Å². The number of amides is 1. The van der Waals surface area contributed by atoms with Crippen LogP contribution in [0.2, 0.25) is 0 Å². The Hall–Kier alpha value is -4.54. The van der Waals surface area contributed by atoms with E-state index in [9.17, 15) is 23.1 Å². The summed E-state index contributed by atoms with van der Waals surface area (Å²) in [4.78, 5) is 24.3. The molecule has 3 aromatic carbocycles. The number of benzene rings is 3. The molecular weight excluding hydrogens is 521 g/mol. The second kappa shape index (κ2) is 10.9. The Labute approximate surface area is 230 Å². The van der Waals surface area contributed by atoms with Crippen LogP contribution >= 0.6 is 0 Å². The van der Waals surface area contributed by atoms with Crippen molar-refractivity contribution in [2.45, 2.75) is 32.5 Å². The van der Waals surface area contributed by atoms with Gasteiger partial charge in [0.1, 0.15) is 17.4 Å². The van der Waals surface area contributed by atoms with Gasteiger partial charge in [-0.3, -0.25) is 4.79 Å². The fourth-order valence-electron chi connectivity index (χ4n) is 4.36. The van der Waals surface area contributed by atoms with E-state index in [0.29, 0.717) is 45.0 Å². The predicted octanol–water partition coefficient (Wildman–Crippen LogP) is 5.82. The zero-order chi connectivity index (χ0) is 29.4. The molecule has 1 amide bonds. The van der Waals surface area contributed by atoms with Gasteiger partial charge in [0, 0.05) is 37.9 Å². The lowest BCUT2D eigenvalue weighted by atomic mass is 10.0. The van der Waals surface area contributed by atoms with Gasteiger partial charge >= 0.3 is 6.18 Å². The number of rotatable bonds is 7. The Morgan fingerprint density at radius 1 is 1.05 bits per heavy atom. The smallest absolute Gasteiger partial charge is 0.416 e. The summed E-state index contributed by atoms with van der Waals surface area (Å²) in [6, 6.07) is 13.5. The highest BCUT2D eigenvalue weighted by molar-refractivity contribution is 5.93. The van der Waals surface area contributed by atoms with Crippen molar-refractivity contribution in [3.05, 3.63) is 77.1 Å². The Bertz CT molecular complexity index is 1570. The molecule has 210 valence electrons. The number of phenolic OH excluding ortho intramolecular Hbond substituents is 1. The molecule has 4 N–H and O–H groups in total. The summed E-state index contributed by atoms with van der Waals surface area (Å²) in [6.45, 7) is 3.47. The Morgan fingerprint density at radius 3 is 2.42 bits per heavy atom. The summed E-state index contributed by atoms with van der Waals surface area (Å²) < 4.78 is 40.1. The summed E-state index contributed by atoms with van der Waals surface area (Å²) in [7, 11) is 5.14. The minimum absolute atomic E-state index is 0.0147. The normalized spacial score (nSPS) is 12.3. The zero-order valence-corrected chi connectivity index (χ0v) is 22.8. The van der Waals surface area contributed by atoms with E-state index >= 15 is 0 Å². The maximum absolute atomic E-state index is 13.4. The number of nitrogen functional groups attached to an aromatic ring is 1. The number of anilines is 4. The van der Waals surface area contributed by atoms with Crippen molar-refractivity contribution in [3.63, 3.8) is 0 Å². The van der Waals surface area contributed by atoms with Gasteiger partial charge in [0.05, 0.1) is 29.2 Å². The number of hydrogen-bond acceptors (Lipinski definition) is 7. The van der Waals surface area contributed by atoms with Crippen LogP contribution in [0.1, 0.15) is 35.5 Å². The van der Waals surface area contributed by atoms with E-state index < -0.39 is 17.8 Å². The van der Waals surface area contributed by atoms with E-state index in [1.807, 2.05) is 18.2 Å². The van der Waals surface area contributed by atoms with Crippen molar-refractivity contribution >= 4 is 39.7 Å². The van der Waals surface area contributed by atoms with Gasteiger partial charge in [-0.25, -0.2) is 9.97 Å². The van der Waals surface area contributed by atoms with Gasteiger partial charge in [0.25, 0.3) is 0 Å². The molecule has 1 heterocycles. The third kappa shape index (κ3) is 6.19. The molecule has 0 aliphatic heterocycles. The van der Waals surface area contributed by atoms with Gasteiger partial charge < -0.3 is 26.0 Å². The quantitative estimate of drug-likeness (QED) is 0.248. The lowest BCUT2D eigenvalue weighted by Gasteiger charge is -2.23. The van der Waals surface area contributed by atoms with Crippen molar-refractivity contribution in [2.75, 3.05) is 37.1 Å². The number of fused-ring (bicyclic) bond motifs is 1. The van der Waals surface area contributed by atoms with E-state index in [2.05, 4.69) is 15.3 Å². The number of nitrogens with two attached hydrogens (primary N) is 1. The minimum atomic E-state index is -4.52. The molecular formula is C29H31F3N6O2. The van der Waals surface area contributed by atoms with E-state index in [0.717, 1.165) is 12.1 Å². The molecule has 1 aromatic heterocycles. The third-order valence-electron chi connectivity index (χ3n) is 6.59. The standard InChI is InChI=1S/C29H31F3N6O2/c1-16(19-12-20(29(30,31)32)14-21(33)13-19)34-28-23-15-22(7-8-24(23)35-17(2)36-28)38(5)25-9-6-18(10-26(25)39)11-27(40)37(3)4/h6-10,12-16,39H,11,33H2,1-5H3,(H,34,35,36)/t16-/m1/s1. The van der Waals surface area contributed by atoms with Gasteiger partial charge in [-0.2, -0.15) is 13.2 Å². The number of halogens is 3. The minimum Gasteiger partial charge on any atom is -0.506 e. The fourth-order valence-corrected chi connectivity index (χ4v) is 4.36. The molecule has 0 fully saturated rings. The predicted molar refractivity (Wildman–Crippen MR) is 151 cm³/mol. The molecule has 0 bridgehead atoms. The summed E-state index contributed by atoms with van der Waals surface area (Å²) in [5, 5.41) is 14.6. The first-order valence-corrected chi connectivity index (χ1v) is 12.5. The summed E-state index contributed by atoms with van der Waals surface area (Å²) >= 11 is 0. The van der Waals surface area contributed by atoms with Crippen molar-refractivity contribution < 1.29 is 23.1 Å². The highest BCUT2D eigenvalue weighted by Gasteiger charge is 2.31. The van der Waals surface area contributed by atoms with E-state index in [1.54, 1.807) is 58.1 Å². The molecule has 0 aliphatic carbocycles. The number of nitrogens with one attached hydrogen (secondary N) is 1. The first-order valence-electron chi connectivity index (χ1n) is 12.5. The number of alkyl halides is 3. The summed E-state index contributed by atoms with van der Waals surface area (Å²) in [6.07, 6.45) is -4.35. The number of carbonyl (C=O) groups excluding carboxylic acids is 1. The van der Waals surface area contributed by atoms with Crippen LogP contribution in [0.4, 0.5) is 36.1 Å². The van der Waals surface area contributed by atoms with Crippen LogP contribution in [0.5, 0.6) is 5.75 Å². The summed E-state index contributed by atoms with van der Waals surface area (Å²) in [5.74, 6) is 0.878. The molecule has 8 nitrogen and oxygen atoms in total.